The van der Waals surface area contributed by atoms with Gasteiger partial charge in [-0.05, 0) is 52.1 Å². The van der Waals surface area contributed by atoms with Crippen LogP contribution in [0.3, 0.4) is 0 Å². The first kappa shape index (κ1) is 23.8. The predicted molar refractivity (Wildman–Crippen MR) is 111 cm³/mol. The second-order valence-electron chi connectivity index (χ2n) is 9.40. The van der Waals surface area contributed by atoms with Gasteiger partial charge in [-0.15, -0.1) is 0 Å². The predicted octanol–water partition coefficient (Wildman–Crippen LogP) is 3.28. The fraction of sp³-hybridized carbons (Fsp3) is 0.882. The molecule has 1 aliphatic rings. The number of rotatable bonds is 7. The van der Waals surface area contributed by atoms with Crippen molar-refractivity contribution in [3.8, 4) is 0 Å². The highest BCUT2D eigenvalue weighted by atomic mass is 79.9. The van der Waals surface area contributed by atoms with Gasteiger partial charge in [0.15, 0.2) is 22.2 Å². The minimum atomic E-state index is -2.10. The van der Waals surface area contributed by atoms with Gasteiger partial charge in [0, 0.05) is 0 Å². The molecule has 1 aliphatic heterocycles. The van der Waals surface area contributed by atoms with Crippen molar-refractivity contribution >= 4 is 44.4 Å². The summed E-state index contributed by atoms with van der Waals surface area (Å²) >= 11 is 3.53. The quantitative estimate of drug-likeness (QED) is 0.353. The lowest BCUT2D eigenvalue weighted by Crippen LogP contribution is -2.69. The first-order chi connectivity index (χ1) is 11.5. The van der Waals surface area contributed by atoms with E-state index in [0.717, 1.165) is 0 Å². The number of methoxy groups -OCH3 is 1. The summed E-state index contributed by atoms with van der Waals surface area (Å²) in [7, 11) is -2.80. The van der Waals surface area contributed by atoms with Crippen molar-refractivity contribution < 1.29 is 23.2 Å². The second-order valence-corrected chi connectivity index (χ2v) is 20.0. The Kier molecular flexibility index (Phi) is 7.01. The van der Waals surface area contributed by atoms with Crippen LogP contribution in [0.25, 0.3) is 0 Å². The lowest BCUT2D eigenvalue weighted by Gasteiger charge is -2.46. The van der Waals surface area contributed by atoms with Gasteiger partial charge in [0.25, 0.3) is 0 Å². The van der Waals surface area contributed by atoms with E-state index < -0.39 is 44.7 Å². The summed E-state index contributed by atoms with van der Waals surface area (Å²) in [6, 6.07) is 0. The van der Waals surface area contributed by atoms with E-state index in [1.54, 1.807) is 6.92 Å². The molecule has 4 atom stereocenters. The molecule has 1 heterocycles. The molecule has 1 N–H and O–H groups in total. The van der Waals surface area contributed by atoms with E-state index in [9.17, 15) is 9.59 Å². The Morgan fingerprint density at radius 1 is 1.15 bits per heavy atom. The van der Waals surface area contributed by atoms with Crippen LogP contribution >= 0.6 is 15.9 Å². The van der Waals surface area contributed by atoms with Crippen LogP contribution in [0.4, 0.5) is 0 Å². The molecule has 0 spiro atoms. The number of ether oxygens (including phenoxy) is 1. The molecule has 0 aromatic rings. The van der Waals surface area contributed by atoms with Gasteiger partial charge in [0.05, 0.1) is 13.2 Å². The molecule has 1 unspecified atom stereocenters. The fourth-order valence-electron chi connectivity index (χ4n) is 3.28. The molecule has 1 fully saturated rings. The van der Waals surface area contributed by atoms with Crippen LogP contribution in [0.5, 0.6) is 0 Å². The number of carbonyl (C=O) groups is 2. The molecule has 1 saturated heterocycles. The first-order valence-electron chi connectivity index (χ1n) is 8.94. The third-order valence-corrected chi connectivity index (χ3v) is 6.88. The van der Waals surface area contributed by atoms with Crippen molar-refractivity contribution in [1.82, 2.24) is 5.32 Å². The van der Waals surface area contributed by atoms with Gasteiger partial charge in [0.2, 0.25) is 5.91 Å². The van der Waals surface area contributed by atoms with Crippen molar-refractivity contribution in [3.63, 3.8) is 0 Å². The third-order valence-electron chi connectivity index (χ3n) is 4.20. The molecule has 0 saturated carbocycles. The second kappa shape index (κ2) is 7.65. The number of hydrogen-bond acceptors (Lipinski definition) is 5. The molecule has 1 amide bonds. The molecular formula is C17H34BrNO5Si2. The van der Waals surface area contributed by atoms with Crippen molar-refractivity contribution in [2.45, 2.75) is 82.1 Å². The molecule has 0 bridgehead atoms. The average Bonchev–Trinajstić information content (AvgIpc) is 2.63. The zero-order chi connectivity index (χ0) is 20.7. The number of amides is 1. The molecule has 1 rings (SSSR count). The fourth-order valence-corrected chi connectivity index (χ4v) is 6.35. The smallest absolute Gasteiger partial charge is 0.337 e. The van der Waals surface area contributed by atoms with Gasteiger partial charge < -0.3 is 18.9 Å². The van der Waals surface area contributed by atoms with Crippen molar-refractivity contribution in [1.29, 1.82) is 0 Å². The molecule has 0 aliphatic carbocycles. The van der Waals surface area contributed by atoms with Crippen LogP contribution in [-0.4, -0.2) is 57.7 Å². The van der Waals surface area contributed by atoms with Crippen LogP contribution in [0.2, 0.25) is 39.3 Å². The van der Waals surface area contributed by atoms with E-state index in [0.29, 0.717) is 0 Å². The van der Waals surface area contributed by atoms with Gasteiger partial charge in [-0.1, -0.05) is 29.8 Å². The van der Waals surface area contributed by atoms with Crippen molar-refractivity contribution in [3.05, 3.63) is 0 Å². The minimum Gasteiger partial charge on any atom is -0.467 e. The first-order valence-corrected chi connectivity index (χ1v) is 16.6. The Labute approximate surface area is 168 Å². The molecule has 0 radical (unpaired) electrons. The summed E-state index contributed by atoms with van der Waals surface area (Å²) < 4.78 is 17.0. The van der Waals surface area contributed by atoms with Crippen molar-refractivity contribution in [2.75, 3.05) is 7.11 Å². The maximum Gasteiger partial charge on any atom is 0.337 e. The Morgan fingerprint density at radius 3 is 2.00 bits per heavy atom. The van der Waals surface area contributed by atoms with Crippen LogP contribution in [0, 0.1) is 5.92 Å². The highest BCUT2D eigenvalue weighted by Crippen LogP contribution is 2.45. The Morgan fingerprint density at radius 2 is 1.65 bits per heavy atom. The van der Waals surface area contributed by atoms with Crippen molar-refractivity contribution in [2.24, 2.45) is 5.92 Å². The van der Waals surface area contributed by atoms with E-state index in [1.807, 2.05) is 33.5 Å². The number of carbonyl (C=O) groups excluding carboxylic acids is 2. The van der Waals surface area contributed by atoms with Gasteiger partial charge in [0.1, 0.15) is 10.4 Å². The van der Waals surface area contributed by atoms with E-state index >= 15 is 0 Å². The molecular weight excluding hydrogens is 434 g/mol. The molecule has 0 aromatic heterocycles. The highest BCUT2D eigenvalue weighted by molar-refractivity contribution is 9.10. The SMILES string of the molecule is COC(=O)[C@]1([C@@H](O[Si](C)(C)C)C(C)C)NC(=O)C(C)(Br)[C@@H]1O[Si](C)(C)C. The summed E-state index contributed by atoms with van der Waals surface area (Å²) in [5.74, 6) is -0.861. The maximum absolute atomic E-state index is 13.1. The molecule has 26 heavy (non-hydrogen) atoms. The molecule has 6 nitrogen and oxygen atoms in total. The normalized spacial score (nSPS) is 31.1. The standard InChI is InChI=1S/C17H34BrNO5Si2/c1-11(2)12(23-25(5,6)7)17(15(21)22-4)13(24-26(8,9)10)16(3,18)14(20)19-17/h11-13H,1-10H3,(H,19,20)/t12-,13-,16?,17+/m0/s1. The summed E-state index contributed by atoms with van der Waals surface area (Å²) in [5.41, 5.74) is -1.40. The number of nitrogens with one attached hydrogen (secondary N) is 1. The third kappa shape index (κ3) is 4.78. The molecule has 9 heteroatoms. The van der Waals surface area contributed by atoms with E-state index in [4.69, 9.17) is 13.6 Å². The molecule has 0 aromatic carbocycles. The zero-order valence-corrected chi connectivity index (χ0v) is 21.2. The van der Waals surface area contributed by atoms with E-state index in [-0.39, 0.29) is 11.8 Å². The van der Waals surface area contributed by atoms with Gasteiger partial charge in [-0.2, -0.15) is 0 Å². The van der Waals surface area contributed by atoms with Crippen LogP contribution < -0.4 is 5.32 Å². The van der Waals surface area contributed by atoms with Crippen LogP contribution in [-0.2, 0) is 23.2 Å². The van der Waals surface area contributed by atoms with Crippen LogP contribution in [0.1, 0.15) is 20.8 Å². The summed E-state index contributed by atoms with van der Waals surface area (Å²) in [6.07, 6.45) is -1.31. The summed E-state index contributed by atoms with van der Waals surface area (Å²) in [5, 5.41) is 2.92. The Hall–Kier alpha value is -0.226. The van der Waals surface area contributed by atoms with Gasteiger partial charge in [-0.25, -0.2) is 4.79 Å². The average molecular weight is 469 g/mol. The zero-order valence-electron chi connectivity index (χ0n) is 17.7. The van der Waals surface area contributed by atoms with E-state index in [1.165, 1.54) is 7.11 Å². The lowest BCUT2D eigenvalue weighted by molar-refractivity contribution is -0.160. The van der Waals surface area contributed by atoms with Gasteiger partial charge in [-0.3, -0.25) is 4.79 Å². The van der Waals surface area contributed by atoms with Crippen LogP contribution in [0.15, 0.2) is 0 Å². The summed E-state index contributed by atoms with van der Waals surface area (Å²) in [4.78, 5) is 26.0. The summed E-state index contributed by atoms with van der Waals surface area (Å²) in [6.45, 7) is 18.0. The highest BCUT2D eigenvalue weighted by Gasteiger charge is 2.69. The Balaban J connectivity index is 3.66. The lowest BCUT2D eigenvalue weighted by atomic mass is 9.80. The number of esters is 1. The number of halogens is 1. The molecule has 152 valence electrons. The largest absolute Gasteiger partial charge is 0.467 e. The maximum atomic E-state index is 13.1. The topological polar surface area (TPSA) is 73.9 Å². The Bertz CT molecular complexity index is 556. The number of hydrogen-bond donors (Lipinski definition) is 1. The number of alkyl halides is 1. The van der Waals surface area contributed by atoms with E-state index in [2.05, 4.69) is 40.9 Å². The van der Waals surface area contributed by atoms with Gasteiger partial charge >= 0.3 is 5.97 Å². The minimum absolute atomic E-state index is 0.0322. The monoisotopic (exact) mass is 467 g/mol.